The summed E-state index contributed by atoms with van der Waals surface area (Å²) < 4.78 is 5.13. The predicted molar refractivity (Wildman–Crippen MR) is 99.4 cm³/mol. The summed E-state index contributed by atoms with van der Waals surface area (Å²) in [5.41, 5.74) is 2.03. The molecule has 3 rings (SSSR count). The lowest BCUT2D eigenvalue weighted by Crippen LogP contribution is -2.25. The zero-order valence-electron chi connectivity index (χ0n) is 14.4. The van der Waals surface area contributed by atoms with Crippen molar-refractivity contribution in [2.75, 3.05) is 19.0 Å². The number of rotatable bonds is 7. The number of carbonyl (C=O) groups is 2. The van der Waals surface area contributed by atoms with Crippen molar-refractivity contribution in [1.82, 2.24) is 5.32 Å². The molecule has 0 saturated heterocycles. The molecular formula is C19H22N2O3S. The van der Waals surface area contributed by atoms with Gasteiger partial charge in [-0.05, 0) is 55.5 Å². The maximum Gasteiger partial charge on any atom is 0.261 e. The lowest BCUT2D eigenvalue weighted by molar-refractivity contribution is -0.117. The van der Waals surface area contributed by atoms with E-state index in [0.29, 0.717) is 11.4 Å². The molecule has 1 aliphatic rings. The first-order chi connectivity index (χ1) is 12.1. The summed E-state index contributed by atoms with van der Waals surface area (Å²) in [5, 5.41) is 6.59. The van der Waals surface area contributed by atoms with Crippen LogP contribution in [0.25, 0.3) is 0 Å². The number of aryl methyl sites for hydroxylation is 1. The van der Waals surface area contributed by atoms with Gasteiger partial charge in [0.25, 0.3) is 5.91 Å². The fourth-order valence-corrected chi connectivity index (χ4v) is 3.52. The van der Waals surface area contributed by atoms with Crippen molar-refractivity contribution in [3.63, 3.8) is 0 Å². The first-order valence-corrected chi connectivity index (χ1v) is 9.21. The second kappa shape index (κ2) is 7.70. The van der Waals surface area contributed by atoms with Crippen molar-refractivity contribution in [3.05, 3.63) is 46.3 Å². The largest absolute Gasteiger partial charge is 0.497 e. The molecule has 2 amide bonds. The second-order valence-electron chi connectivity index (χ2n) is 6.24. The number of thiophene rings is 1. The Labute approximate surface area is 151 Å². The van der Waals surface area contributed by atoms with Gasteiger partial charge in [0.05, 0.1) is 17.0 Å². The third-order valence-corrected chi connectivity index (χ3v) is 5.33. The van der Waals surface area contributed by atoms with E-state index in [-0.39, 0.29) is 17.7 Å². The molecule has 1 aromatic heterocycles. The summed E-state index contributed by atoms with van der Waals surface area (Å²) in [7, 11) is 1.64. The molecule has 0 atom stereocenters. The van der Waals surface area contributed by atoms with Crippen LogP contribution in [0.2, 0.25) is 0 Å². The molecule has 1 saturated carbocycles. The summed E-state index contributed by atoms with van der Waals surface area (Å²) in [6, 6.07) is 9.67. The van der Waals surface area contributed by atoms with Crippen LogP contribution in [0.4, 0.5) is 5.00 Å². The second-order valence-corrected chi connectivity index (χ2v) is 7.29. The minimum Gasteiger partial charge on any atom is -0.497 e. The van der Waals surface area contributed by atoms with Crippen molar-refractivity contribution >= 4 is 28.2 Å². The van der Waals surface area contributed by atoms with Crippen LogP contribution in [0.15, 0.2) is 30.3 Å². The number of amides is 2. The minimum atomic E-state index is -0.0945. The van der Waals surface area contributed by atoms with Crippen LogP contribution >= 0.6 is 11.3 Å². The van der Waals surface area contributed by atoms with Gasteiger partial charge in [0.1, 0.15) is 5.75 Å². The Hall–Kier alpha value is -2.34. The summed E-state index contributed by atoms with van der Waals surface area (Å²) in [6.07, 6.45) is 2.69. The van der Waals surface area contributed by atoms with Crippen LogP contribution in [0.5, 0.6) is 5.75 Å². The summed E-state index contributed by atoms with van der Waals surface area (Å²) in [4.78, 5) is 24.8. The molecule has 0 unspecified atom stereocenters. The number of nitrogens with one attached hydrogen (secondary N) is 2. The molecule has 2 aromatic rings. The van der Waals surface area contributed by atoms with Gasteiger partial charge in [-0.2, -0.15) is 0 Å². The maximum absolute atomic E-state index is 12.4. The molecule has 1 aromatic carbocycles. The highest BCUT2D eigenvalue weighted by Gasteiger charge is 2.30. The van der Waals surface area contributed by atoms with Crippen LogP contribution < -0.4 is 15.4 Å². The number of benzene rings is 1. The molecule has 6 heteroatoms. The van der Waals surface area contributed by atoms with Crippen LogP contribution in [0.3, 0.4) is 0 Å². The zero-order valence-corrected chi connectivity index (χ0v) is 15.2. The number of carbonyl (C=O) groups excluding carboxylic acids is 2. The van der Waals surface area contributed by atoms with E-state index in [4.69, 9.17) is 4.74 Å². The molecule has 1 fully saturated rings. The Balaban J connectivity index is 1.51. The number of hydrogen-bond donors (Lipinski definition) is 2. The quantitative estimate of drug-likeness (QED) is 0.797. The van der Waals surface area contributed by atoms with E-state index >= 15 is 0 Å². The average Bonchev–Trinajstić information content (AvgIpc) is 3.39. The van der Waals surface area contributed by atoms with Gasteiger partial charge in [-0.3, -0.25) is 9.59 Å². The number of ether oxygens (including phenoxy) is 1. The molecule has 25 heavy (non-hydrogen) atoms. The highest BCUT2D eigenvalue weighted by atomic mass is 32.1. The standard InChI is InChI=1S/C19H22N2O3S/c1-12-11-16(21-18(22)14-5-6-14)25-17(12)19(23)20-10-9-13-3-7-15(24-2)8-4-13/h3-4,7-8,11,14H,5-6,9-10H2,1-2H3,(H,20,23)(H,21,22). The van der Waals surface area contributed by atoms with Gasteiger partial charge >= 0.3 is 0 Å². The first kappa shape index (κ1) is 17.5. The van der Waals surface area contributed by atoms with Crippen molar-refractivity contribution in [1.29, 1.82) is 0 Å². The molecular weight excluding hydrogens is 336 g/mol. The first-order valence-electron chi connectivity index (χ1n) is 8.39. The van der Waals surface area contributed by atoms with Crippen molar-refractivity contribution in [3.8, 4) is 5.75 Å². The lowest BCUT2D eigenvalue weighted by Gasteiger charge is -2.06. The molecule has 0 bridgehead atoms. The van der Waals surface area contributed by atoms with Gasteiger partial charge in [0.2, 0.25) is 5.91 Å². The number of methoxy groups -OCH3 is 1. The maximum atomic E-state index is 12.4. The van der Waals surface area contributed by atoms with Gasteiger partial charge < -0.3 is 15.4 Å². The fourth-order valence-electron chi connectivity index (χ4n) is 2.53. The Kier molecular flexibility index (Phi) is 5.38. The normalized spacial score (nSPS) is 13.4. The average molecular weight is 358 g/mol. The zero-order chi connectivity index (χ0) is 17.8. The van der Waals surface area contributed by atoms with E-state index in [1.54, 1.807) is 7.11 Å². The Morgan fingerprint density at radius 3 is 2.60 bits per heavy atom. The van der Waals surface area contributed by atoms with Crippen LogP contribution in [0, 0.1) is 12.8 Å². The monoisotopic (exact) mass is 358 g/mol. The molecule has 1 heterocycles. The van der Waals surface area contributed by atoms with Gasteiger partial charge in [-0.1, -0.05) is 12.1 Å². The van der Waals surface area contributed by atoms with Crippen molar-refractivity contribution < 1.29 is 14.3 Å². The lowest BCUT2D eigenvalue weighted by atomic mass is 10.1. The van der Waals surface area contributed by atoms with E-state index in [1.165, 1.54) is 11.3 Å². The number of anilines is 1. The molecule has 5 nitrogen and oxygen atoms in total. The fraction of sp³-hybridized carbons (Fsp3) is 0.368. The third kappa shape index (κ3) is 4.60. The van der Waals surface area contributed by atoms with Gasteiger partial charge in [0.15, 0.2) is 0 Å². The van der Waals surface area contributed by atoms with Crippen molar-refractivity contribution in [2.45, 2.75) is 26.2 Å². The highest BCUT2D eigenvalue weighted by Crippen LogP contribution is 2.32. The molecule has 0 aliphatic heterocycles. The summed E-state index contributed by atoms with van der Waals surface area (Å²) in [5.74, 6) is 0.947. The van der Waals surface area contributed by atoms with E-state index in [1.807, 2.05) is 37.3 Å². The van der Waals surface area contributed by atoms with E-state index < -0.39 is 0 Å². The third-order valence-electron chi connectivity index (χ3n) is 4.18. The summed E-state index contributed by atoms with van der Waals surface area (Å²) in [6.45, 7) is 2.45. The highest BCUT2D eigenvalue weighted by molar-refractivity contribution is 7.18. The smallest absolute Gasteiger partial charge is 0.261 e. The molecule has 1 aliphatic carbocycles. The van der Waals surface area contributed by atoms with Gasteiger partial charge in [-0.25, -0.2) is 0 Å². The molecule has 0 radical (unpaired) electrons. The SMILES string of the molecule is COc1ccc(CCNC(=O)c2sc(NC(=O)C3CC3)cc2C)cc1. The van der Waals surface area contributed by atoms with E-state index in [2.05, 4.69) is 10.6 Å². The van der Waals surface area contributed by atoms with Crippen LogP contribution in [-0.4, -0.2) is 25.5 Å². The molecule has 2 N–H and O–H groups in total. The minimum absolute atomic E-state index is 0.0627. The van der Waals surface area contributed by atoms with Gasteiger partial charge in [0, 0.05) is 12.5 Å². The Morgan fingerprint density at radius 1 is 1.24 bits per heavy atom. The predicted octanol–water partition coefficient (Wildman–Crippen LogP) is 3.39. The summed E-state index contributed by atoms with van der Waals surface area (Å²) >= 11 is 1.33. The van der Waals surface area contributed by atoms with Crippen molar-refractivity contribution in [2.24, 2.45) is 5.92 Å². The Morgan fingerprint density at radius 2 is 1.96 bits per heavy atom. The molecule has 132 valence electrons. The Bertz CT molecular complexity index is 763. The van der Waals surface area contributed by atoms with Gasteiger partial charge in [-0.15, -0.1) is 11.3 Å². The van der Waals surface area contributed by atoms with Crippen LogP contribution in [0.1, 0.15) is 33.6 Å². The molecule has 0 spiro atoms. The number of hydrogen-bond acceptors (Lipinski definition) is 4. The topological polar surface area (TPSA) is 67.4 Å². The van der Waals surface area contributed by atoms with E-state index in [0.717, 1.165) is 41.1 Å². The van der Waals surface area contributed by atoms with E-state index in [9.17, 15) is 9.59 Å². The van der Waals surface area contributed by atoms with Crippen LogP contribution in [-0.2, 0) is 11.2 Å².